The van der Waals surface area contributed by atoms with Crippen LogP contribution in [0.1, 0.15) is 29.4 Å². The third kappa shape index (κ3) is 2.54. The molecule has 0 radical (unpaired) electrons. The lowest BCUT2D eigenvalue weighted by atomic mass is 9.99. The summed E-state index contributed by atoms with van der Waals surface area (Å²) < 4.78 is 4.71. The summed E-state index contributed by atoms with van der Waals surface area (Å²) in [5.41, 5.74) is 6.36. The maximum Gasteiger partial charge on any atom is 0.350 e. The lowest BCUT2D eigenvalue weighted by Gasteiger charge is -2.30. The highest BCUT2D eigenvalue weighted by atomic mass is 32.1. The summed E-state index contributed by atoms with van der Waals surface area (Å²) >= 11 is 1.43. The quantitative estimate of drug-likeness (QED) is 0.823. The molecule has 1 aromatic rings. The molecule has 17 heavy (non-hydrogen) atoms. The number of esters is 1. The Kier molecular flexibility index (Phi) is 3.57. The molecule has 1 saturated heterocycles. The molecule has 94 valence electrons. The molecule has 2 rings (SSSR count). The standard InChI is InChI=1S/C12H18N2O2S/c1-8-3-5-14(6-4-8)10-7-9(13)11(17-10)12(15)16-2/h7-8H,3-6,13H2,1-2H3. The number of hydrogen-bond acceptors (Lipinski definition) is 5. The van der Waals surface area contributed by atoms with E-state index in [9.17, 15) is 4.79 Å². The van der Waals surface area contributed by atoms with Crippen molar-refractivity contribution >= 4 is 28.0 Å². The SMILES string of the molecule is COC(=O)c1sc(N2CCC(C)CC2)cc1N. The van der Waals surface area contributed by atoms with Gasteiger partial charge in [-0.2, -0.15) is 0 Å². The lowest BCUT2D eigenvalue weighted by Crippen LogP contribution is -2.32. The fraction of sp³-hybridized carbons (Fsp3) is 0.583. The Hall–Kier alpha value is -1.23. The minimum Gasteiger partial charge on any atom is -0.465 e. The summed E-state index contributed by atoms with van der Waals surface area (Å²) in [4.78, 5) is 14.3. The van der Waals surface area contributed by atoms with Crippen molar-refractivity contribution in [1.82, 2.24) is 0 Å². The van der Waals surface area contributed by atoms with Crippen LogP contribution in [-0.4, -0.2) is 26.2 Å². The second kappa shape index (κ2) is 4.96. The predicted octanol–water partition coefficient (Wildman–Crippen LogP) is 2.35. The molecule has 0 unspecified atom stereocenters. The van der Waals surface area contributed by atoms with Crippen molar-refractivity contribution in [3.8, 4) is 0 Å². The number of piperidine rings is 1. The van der Waals surface area contributed by atoms with E-state index < -0.39 is 0 Å². The minimum atomic E-state index is -0.343. The normalized spacial score (nSPS) is 17.2. The minimum absolute atomic E-state index is 0.343. The van der Waals surface area contributed by atoms with E-state index in [2.05, 4.69) is 11.8 Å². The van der Waals surface area contributed by atoms with Crippen molar-refractivity contribution in [2.45, 2.75) is 19.8 Å². The van der Waals surface area contributed by atoms with Gasteiger partial charge in [0.15, 0.2) is 0 Å². The highest BCUT2D eigenvalue weighted by molar-refractivity contribution is 7.18. The third-order valence-corrected chi connectivity index (χ3v) is 4.41. The van der Waals surface area contributed by atoms with Gasteiger partial charge in [-0.1, -0.05) is 6.92 Å². The van der Waals surface area contributed by atoms with Gasteiger partial charge in [-0.25, -0.2) is 4.79 Å². The monoisotopic (exact) mass is 254 g/mol. The summed E-state index contributed by atoms with van der Waals surface area (Å²) in [5, 5.41) is 1.08. The molecule has 5 heteroatoms. The number of rotatable bonds is 2. The van der Waals surface area contributed by atoms with Crippen molar-refractivity contribution in [1.29, 1.82) is 0 Å². The van der Waals surface area contributed by atoms with E-state index >= 15 is 0 Å². The van der Waals surface area contributed by atoms with Gasteiger partial charge in [0, 0.05) is 13.1 Å². The second-order valence-electron chi connectivity index (χ2n) is 4.53. The molecule has 2 heterocycles. The summed E-state index contributed by atoms with van der Waals surface area (Å²) in [5.74, 6) is 0.452. The van der Waals surface area contributed by atoms with Gasteiger partial charge in [-0.05, 0) is 24.8 Å². The van der Waals surface area contributed by atoms with Crippen LogP contribution in [0.4, 0.5) is 10.7 Å². The maximum absolute atomic E-state index is 11.5. The van der Waals surface area contributed by atoms with Crippen molar-refractivity contribution in [3.63, 3.8) is 0 Å². The van der Waals surface area contributed by atoms with Crippen LogP contribution in [0, 0.1) is 5.92 Å². The van der Waals surface area contributed by atoms with Gasteiger partial charge in [0.2, 0.25) is 0 Å². The van der Waals surface area contributed by atoms with Crippen LogP contribution in [0.25, 0.3) is 0 Å². The molecule has 0 saturated carbocycles. The Morgan fingerprint density at radius 2 is 2.18 bits per heavy atom. The number of ether oxygens (including phenoxy) is 1. The maximum atomic E-state index is 11.5. The highest BCUT2D eigenvalue weighted by Gasteiger charge is 2.21. The van der Waals surface area contributed by atoms with Crippen LogP contribution >= 0.6 is 11.3 Å². The zero-order valence-corrected chi connectivity index (χ0v) is 11.0. The number of nitrogen functional groups attached to an aromatic ring is 1. The number of carbonyl (C=O) groups is 1. The molecule has 0 aliphatic carbocycles. The Morgan fingerprint density at radius 1 is 1.53 bits per heavy atom. The van der Waals surface area contributed by atoms with E-state index in [1.165, 1.54) is 31.3 Å². The first-order chi connectivity index (χ1) is 8.11. The van der Waals surface area contributed by atoms with Crippen LogP contribution in [0.15, 0.2) is 6.07 Å². The van der Waals surface area contributed by atoms with Crippen LogP contribution < -0.4 is 10.6 Å². The van der Waals surface area contributed by atoms with E-state index in [0.29, 0.717) is 10.6 Å². The molecule has 0 spiro atoms. The summed E-state index contributed by atoms with van der Waals surface area (Å²) in [6, 6.07) is 1.88. The fourth-order valence-corrected chi connectivity index (χ4v) is 3.08. The van der Waals surface area contributed by atoms with Crippen LogP contribution in [-0.2, 0) is 4.74 Å². The van der Waals surface area contributed by atoms with Crippen LogP contribution in [0.2, 0.25) is 0 Å². The van der Waals surface area contributed by atoms with E-state index in [1.807, 2.05) is 6.07 Å². The molecule has 1 aliphatic heterocycles. The van der Waals surface area contributed by atoms with Gasteiger partial charge >= 0.3 is 5.97 Å². The zero-order chi connectivity index (χ0) is 12.4. The van der Waals surface area contributed by atoms with Gasteiger partial charge in [0.05, 0.1) is 17.8 Å². The molecular formula is C12H18N2O2S. The van der Waals surface area contributed by atoms with E-state index in [4.69, 9.17) is 10.5 Å². The lowest BCUT2D eigenvalue weighted by molar-refractivity contribution is 0.0607. The molecule has 4 nitrogen and oxygen atoms in total. The Labute approximate surface area is 105 Å². The van der Waals surface area contributed by atoms with Gasteiger partial charge in [-0.3, -0.25) is 0 Å². The van der Waals surface area contributed by atoms with Crippen molar-refractivity contribution in [3.05, 3.63) is 10.9 Å². The Bertz CT molecular complexity index is 409. The number of methoxy groups -OCH3 is 1. The van der Waals surface area contributed by atoms with Gasteiger partial charge < -0.3 is 15.4 Å². The molecule has 0 atom stereocenters. The van der Waals surface area contributed by atoms with Gasteiger partial charge in [0.25, 0.3) is 0 Å². The summed E-state index contributed by atoms with van der Waals surface area (Å²) in [6.07, 6.45) is 2.40. The van der Waals surface area contributed by atoms with Crippen molar-refractivity contribution in [2.24, 2.45) is 5.92 Å². The molecule has 0 amide bonds. The number of nitrogens with zero attached hydrogens (tertiary/aromatic N) is 1. The number of thiophene rings is 1. The van der Waals surface area contributed by atoms with Crippen LogP contribution in [0.3, 0.4) is 0 Å². The summed E-state index contributed by atoms with van der Waals surface area (Å²) in [6.45, 7) is 4.36. The van der Waals surface area contributed by atoms with Gasteiger partial charge in [-0.15, -0.1) is 11.3 Å². The fourth-order valence-electron chi connectivity index (χ4n) is 2.03. The first kappa shape index (κ1) is 12.2. The second-order valence-corrected chi connectivity index (χ2v) is 5.56. The first-order valence-corrected chi connectivity index (χ1v) is 6.66. The smallest absolute Gasteiger partial charge is 0.350 e. The average molecular weight is 254 g/mol. The predicted molar refractivity (Wildman–Crippen MR) is 70.7 cm³/mol. The third-order valence-electron chi connectivity index (χ3n) is 3.21. The topological polar surface area (TPSA) is 55.6 Å². The largest absolute Gasteiger partial charge is 0.465 e. The van der Waals surface area contributed by atoms with Crippen LogP contribution in [0.5, 0.6) is 0 Å². The number of carbonyl (C=O) groups excluding carboxylic acids is 1. The first-order valence-electron chi connectivity index (χ1n) is 5.84. The number of hydrogen-bond donors (Lipinski definition) is 1. The number of anilines is 2. The Balaban J connectivity index is 2.14. The summed E-state index contributed by atoms with van der Waals surface area (Å²) in [7, 11) is 1.38. The molecule has 1 aromatic heterocycles. The van der Waals surface area contributed by atoms with E-state index in [1.54, 1.807) is 0 Å². The Morgan fingerprint density at radius 3 is 2.76 bits per heavy atom. The average Bonchev–Trinajstić information content (AvgIpc) is 2.71. The molecular weight excluding hydrogens is 236 g/mol. The zero-order valence-electron chi connectivity index (χ0n) is 10.2. The highest BCUT2D eigenvalue weighted by Crippen LogP contribution is 2.34. The van der Waals surface area contributed by atoms with Crippen molar-refractivity contribution in [2.75, 3.05) is 30.8 Å². The molecule has 2 N–H and O–H groups in total. The molecule has 1 fully saturated rings. The molecule has 1 aliphatic rings. The number of nitrogens with two attached hydrogens (primary N) is 1. The molecule has 0 aromatic carbocycles. The van der Waals surface area contributed by atoms with E-state index in [-0.39, 0.29) is 5.97 Å². The van der Waals surface area contributed by atoms with Crippen molar-refractivity contribution < 1.29 is 9.53 Å². The van der Waals surface area contributed by atoms with Gasteiger partial charge in [0.1, 0.15) is 4.88 Å². The van der Waals surface area contributed by atoms with E-state index in [0.717, 1.165) is 24.0 Å². The molecule has 0 bridgehead atoms.